The molecular formula is C18H16N2O8. The maximum atomic E-state index is 12.0. The van der Waals surface area contributed by atoms with Crippen molar-refractivity contribution in [2.45, 2.75) is 38.5 Å². The fourth-order valence-corrected chi connectivity index (χ4v) is 2.77. The van der Waals surface area contributed by atoms with Gasteiger partial charge in [0.15, 0.2) is 0 Å². The molecule has 2 saturated heterocycles. The molecule has 4 amide bonds. The van der Waals surface area contributed by atoms with Gasteiger partial charge in [0.25, 0.3) is 23.6 Å². The molecule has 3 rings (SSSR count). The molecule has 10 heteroatoms. The van der Waals surface area contributed by atoms with Crippen LogP contribution in [0.4, 0.5) is 0 Å². The van der Waals surface area contributed by atoms with Crippen LogP contribution in [0.1, 0.15) is 36.8 Å². The summed E-state index contributed by atoms with van der Waals surface area (Å²) in [5.41, 5.74) is 0.977. The Balaban J connectivity index is 1.56. The highest BCUT2D eigenvalue weighted by molar-refractivity contribution is 6.02. The Morgan fingerprint density at radius 2 is 1.07 bits per heavy atom. The predicted octanol–water partition coefficient (Wildman–Crippen LogP) is -0.0140. The van der Waals surface area contributed by atoms with E-state index in [0.29, 0.717) is 21.3 Å². The highest BCUT2D eigenvalue weighted by atomic mass is 16.7. The van der Waals surface area contributed by atoms with E-state index in [1.165, 1.54) is 0 Å². The highest BCUT2D eigenvalue weighted by Gasteiger charge is 2.33. The third kappa shape index (κ3) is 4.40. The SMILES string of the molecule is O=C(Cc1cccc(CC(=O)ON2C(=O)CCC2=O)c1)ON1C(=O)CCC1=O. The zero-order chi connectivity index (χ0) is 20.3. The molecule has 0 bridgehead atoms. The van der Waals surface area contributed by atoms with Crippen LogP contribution < -0.4 is 0 Å². The first-order valence-electron chi connectivity index (χ1n) is 8.54. The molecule has 0 spiro atoms. The van der Waals surface area contributed by atoms with Crippen molar-refractivity contribution in [1.82, 2.24) is 10.1 Å². The van der Waals surface area contributed by atoms with Crippen molar-refractivity contribution in [1.29, 1.82) is 0 Å². The Labute approximate surface area is 158 Å². The van der Waals surface area contributed by atoms with E-state index in [1.54, 1.807) is 24.3 Å². The molecule has 0 aliphatic carbocycles. The number of hydroxylamine groups is 4. The van der Waals surface area contributed by atoms with E-state index >= 15 is 0 Å². The summed E-state index contributed by atoms with van der Waals surface area (Å²) < 4.78 is 0. The van der Waals surface area contributed by atoms with Gasteiger partial charge >= 0.3 is 11.9 Å². The fourth-order valence-electron chi connectivity index (χ4n) is 2.77. The fraction of sp³-hybridized carbons (Fsp3) is 0.333. The molecule has 0 N–H and O–H groups in total. The van der Waals surface area contributed by atoms with Gasteiger partial charge in [0.2, 0.25) is 0 Å². The number of rotatable bonds is 6. The summed E-state index contributed by atoms with van der Waals surface area (Å²) in [5, 5.41) is 0.932. The standard InChI is InChI=1S/C18H16N2O8/c21-13-4-5-14(22)19(13)27-17(25)9-11-2-1-3-12(8-11)10-18(26)28-20-15(23)6-7-16(20)24/h1-3,8H,4-7,9-10H2. The van der Waals surface area contributed by atoms with Crippen LogP contribution >= 0.6 is 0 Å². The summed E-state index contributed by atoms with van der Waals surface area (Å²) in [7, 11) is 0. The first-order valence-corrected chi connectivity index (χ1v) is 8.54. The molecule has 1 aromatic rings. The lowest BCUT2D eigenvalue weighted by Gasteiger charge is -2.13. The summed E-state index contributed by atoms with van der Waals surface area (Å²) in [4.78, 5) is 79.3. The van der Waals surface area contributed by atoms with Crippen LogP contribution in [0.25, 0.3) is 0 Å². The smallest absolute Gasteiger partial charge is 0.330 e. The minimum absolute atomic E-state index is 0.00569. The Kier molecular flexibility index (Phi) is 5.48. The molecule has 2 fully saturated rings. The first-order chi connectivity index (χ1) is 13.3. The number of imide groups is 2. The van der Waals surface area contributed by atoms with Crippen molar-refractivity contribution in [2.75, 3.05) is 0 Å². The molecule has 10 nitrogen and oxygen atoms in total. The van der Waals surface area contributed by atoms with Crippen LogP contribution in [0, 0.1) is 0 Å². The summed E-state index contributed by atoms with van der Waals surface area (Å²) in [6, 6.07) is 6.36. The van der Waals surface area contributed by atoms with Crippen LogP contribution in [0.2, 0.25) is 0 Å². The second-order valence-electron chi connectivity index (χ2n) is 6.26. The van der Waals surface area contributed by atoms with E-state index in [4.69, 9.17) is 9.68 Å². The highest BCUT2D eigenvalue weighted by Crippen LogP contribution is 2.15. The van der Waals surface area contributed by atoms with Crippen LogP contribution in [0.3, 0.4) is 0 Å². The number of benzene rings is 1. The van der Waals surface area contributed by atoms with Crippen molar-refractivity contribution >= 4 is 35.6 Å². The molecule has 0 aromatic heterocycles. The zero-order valence-electron chi connectivity index (χ0n) is 14.7. The van der Waals surface area contributed by atoms with Crippen molar-refractivity contribution in [2.24, 2.45) is 0 Å². The van der Waals surface area contributed by atoms with Gasteiger partial charge in [0.1, 0.15) is 0 Å². The maximum Gasteiger partial charge on any atom is 0.337 e. The van der Waals surface area contributed by atoms with E-state index in [1.807, 2.05) is 0 Å². The zero-order valence-corrected chi connectivity index (χ0v) is 14.7. The Morgan fingerprint density at radius 1 is 0.714 bits per heavy atom. The maximum absolute atomic E-state index is 12.0. The van der Waals surface area contributed by atoms with E-state index in [0.717, 1.165) is 0 Å². The lowest BCUT2D eigenvalue weighted by Crippen LogP contribution is -2.32. The van der Waals surface area contributed by atoms with Crippen LogP contribution in [-0.2, 0) is 51.3 Å². The number of hydrogen-bond acceptors (Lipinski definition) is 8. The Hall–Kier alpha value is -3.56. The molecule has 2 aliphatic rings. The van der Waals surface area contributed by atoms with Crippen LogP contribution in [-0.4, -0.2) is 45.7 Å². The number of hydrogen-bond donors (Lipinski definition) is 0. The van der Waals surface area contributed by atoms with Gasteiger partial charge in [0.05, 0.1) is 12.8 Å². The van der Waals surface area contributed by atoms with Gasteiger partial charge in [-0.2, -0.15) is 0 Å². The number of carbonyl (C=O) groups is 6. The minimum Gasteiger partial charge on any atom is -0.330 e. The molecule has 146 valence electrons. The van der Waals surface area contributed by atoms with Gasteiger partial charge in [-0.05, 0) is 11.1 Å². The Bertz CT molecular complexity index is 779. The second kappa shape index (κ2) is 7.99. The normalized spacial score (nSPS) is 16.7. The molecule has 2 aliphatic heterocycles. The van der Waals surface area contributed by atoms with Crippen molar-refractivity contribution in [3.63, 3.8) is 0 Å². The lowest BCUT2D eigenvalue weighted by molar-refractivity contribution is -0.197. The van der Waals surface area contributed by atoms with Crippen LogP contribution in [0.15, 0.2) is 24.3 Å². The molecule has 28 heavy (non-hydrogen) atoms. The topological polar surface area (TPSA) is 127 Å². The third-order valence-electron chi connectivity index (χ3n) is 4.09. The van der Waals surface area contributed by atoms with Crippen molar-refractivity contribution < 1.29 is 38.4 Å². The van der Waals surface area contributed by atoms with Gasteiger partial charge in [-0.25, -0.2) is 9.59 Å². The first kappa shape index (κ1) is 19.2. The van der Waals surface area contributed by atoms with Gasteiger partial charge in [0, 0.05) is 25.7 Å². The van der Waals surface area contributed by atoms with E-state index in [9.17, 15) is 28.8 Å². The van der Waals surface area contributed by atoms with Gasteiger partial charge in [-0.15, -0.1) is 10.1 Å². The van der Waals surface area contributed by atoms with Gasteiger partial charge in [-0.1, -0.05) is 24.3 Å². The number of carbonyl (C=O) groups excluding carboxylic acids is 6. The van der Waals surface area contributed by atoms with E-state index in [-0.39, 0.29) is 38.5 Å². The summed E-state index contributed by atoms with van der Waals surface area (Å²) in [6.07, 6.45) is -0.416. The molecule has 0 atom stereocenters. The molecular weight excluding hydrogens is 372 g/mol. The summed E-state index contributed by atoms with van der Waals surface area (Å²) in [5.74, 6) is -3.86. The second-order valence-corrected chi connectivity index (χ2v) is 6.26. The van der Waals surface area contributed by atoms with Crippen molar-refractivity contribution in [3.05, 3.63) is 35.4 Å². The molecule has 1 aromatic carbocycles. The van der Waals surface area contributed by atoms with Gasteiger partial charge in [-0.3, -0.25) is 19.2 Å². The van der Waals surface area contributed by atoms with Crippen molar-refractivity contribution in [3.8, 4) is 0 Å². The lowest BCUT2D eigenvalue weighted by atomic mass is 10.1. The monoisotopic (exact) mass is 388 g/mol. The quantitative estimate of drug-likeness (QED) is 0.623. The van der Waals surface area contributed by atoms with Crippen LogP contribution in [0.5, 0.6) is 0 Å². The molecule has 2 heterocycles. The summed E-state index contributed by atoms with van der Waals surface area (Å²) in [6.45, 7) is 0. The summed E-state index contributed by atoms with van der Waals surface area (Å²) >= 11 is 0. The molecule has 0 unspecified atom stereocenters. The third-order valence-corrected chi connectivity index (χ3v) is 4.09. The minimum atomic E-state index is -0.795. The predicted molar refractivity (Wildman–Crippen MR) is 88.2 cm³/mol. The van der Waals surface area contributed by atoms with Gasteiger partial charge < -0.3 is 9.68 Å². The van der Waals surface area contributed by atoms with E-state index in [2.05, 4.69) is 0 Å². The number of nitrogens with zero attached hydrogens (tertiary/aromatic N) is 2. The Morgan fingerprint density at radius 3 is 1.43 bits per heavy atom. The average molecular weight is 388 g/mol. The molecule has 0 saturated carbocycles. The average Bonchev–Trinajstić information content (AvgIpc) is 3.12. The molecule has 0 radical (unpaired) electrons. The van der Waals surface area contributed by atoms with E-state index < -0.39 is 35.6 Å². The number of amides is 4. The largest absolute Gasteiger partial charge is 0.337 e.